The number of nitrogens with two attached hydrogens (primary N) is 1. The molecule has 2 aliphatic rings. The molecular weight excluding hydrogens is 272 g/mol. The van der Waals surface area contributed by atoms with Gasteiger partial charge < -0.3 is 16.0 Å². The maximum Gasteiger partial charge on any atom is 0.188 e. The van der Waals surface area contributed by atoms with Crippen LogP contribution in [0, 0.1) is 5.92 Å². The van der Waals surface area contributed by atoms with E-state index in [2.05, 4.69) is 53.6 Å². The van der Waals surface area contributed by atoms with Crippen molar-refractivity contribution < 1.29 is 0 Å². The highest BCUT2D eigenvalue weighted by Gasteiger charge is 2.38. The van der Waals surface area contributed by atoms with Crippen LogP contribution >= 0.6 is 0 Å². The largest absolute Gasteiger partial charge is 0.370 e. The molecule has 3 N–H and O–H groups in total. The summed E-state index contributed by atoms with van der Waals surface area (Å²) in [4.78, 5) is 6.97. The van der Waals surface area contributed by atoms with Crippen LogP contribution in [0.4, 0.5) is 0 Å². The Kier molecular flexibility index (Phi) is 4.39. The minimum Gasteiger partial charge on any atom is -0.370 e. The highest BCUT2D eigenvalue weighted by molar-refractivity contribution is 5.77. The number of hydrogen-bond acceptors (Lipinski definition) is 2. The summed E-state index contributed by atoms with van der Waals surface area (Å²) in [7, 11) is 4.30. The second kappa shape index (κ2) is 6.29. The summed E-state index contributed by atoms with van der Waals surface area (Å²) in [5.74, 6) is 1.40. The highest BCUT2D eigenvalue weighted by Crippen LogP contribution is 2.33. The van der Waals surface area contributed by atoms with E-state index in [0.717, 1.165) is 31.8 Å². The third kappa shape index (κ3) is 3.12. The number of rotatable bonds is 5. The van der Waals surface area contributed by atoms with Gasteiger partial charge >= 0.3 is 0 Å². The molecule has 3 rings (SSSR count). The van der Waals surface area contributed by atoms with Gasteiger partial charge in [-0.1, -0.05) is 30.7 Å². The van der Waals surface area contributed by atoms with E-state index in [1.807, 2.05) is 0 Å². The fraction of sp³-hybridized carbons (Fsp3) is 0.611. The standard InChI is InChI=1S/C18H28N4/c1-22(2)18(10-15-8-3-4-9-16(15)11-18)13-21-17(19)20-12-14-6-5-7-14/h3-4,8-9,14H,5-7,10-13H2,1-2H3,(H3,19,20,21). The molecule has 0 unspecified atom stereocenters. The first-order valence-corrected chi connectivity index (χ1v) is 8.37. The summed E-state index contributed by atoms with van der Waals surface area (Å²) < 4.78 is 0. The van der Waals surface area contributed by atoms with Crippen LogP contribution in [-0.2, 0) is 12.8 Å². The Hall–Kier alpha value is -1.55. The summed E-state index contributed by atoms with van der Waals surface area (Å²) in [6.45, 7) is 1.72. The fourth-order valence-electron chi connectivity index (χ4n) is 3.48. The average Bonchev–Trinajstić information content (AvgIpc) is 2.83. The van der Waals surface area contributed by atoms with Crippen molar-refractivity contribution in [1.82, 2.24) is 10.2 Å². The van der Waals surface area contributed by atoms with Crippen molar-refractivity contribution in [2.75, 3.05) is 27.2 Å². The molecule has 120 valence electrons. The summed E-state index contributed by atoms with van der Waals surface area (Å²) >= 11 is 0. The van der Waals surface area contributed by atoms with Crippen molar-refractivity contribution in [3.63, 3.8) is 0 Å². The molecule has 0 aliphatic heterocycles. The Labute approximate surface area is 133 Å². The Bertz CT molecular complexity index is 521. The van der Waals surface area contributed by atoms with Crippen LogP contribution in [-0.4, -0.2) is 43.6 Å². The van der Waals surface area contributed by atoms with Crippen LogP contribution in [0.2, 0.25) is 0 Å². The minimum absolute atomic E-state index is 0.0620. The average molecular weight is 300 g/mol. The molecule has 0 radical (unpaired) electrons. The number of hydrogen-bond donors (Lipinski definition) is 2. The van der Waals surface area contributed by atoms with Crippen molar-refractivity contribution in [2.24, 2.45) is 16.6 Å². The van der Waals surface area contributed by atoms with Gasteiger partial charge in [0.25, 0.3) is 0 Å². The lowest BCUT2D eigenvalue weighted by molar-refractivity contribution is 0.171. The van der Waals surface area contributed by atoms with E-state index in [0.29, 0.717) is 5.96 Å². The lowest BCUT2D eigenvalue weighted by Gasteiger charge is -2.35. The molecule has 0 aromatic heterocycles. The van der Waals surface area contributed by atoms with Crippen LogP contribution in [0.1, 0.15) is 30.4 Å². The van der Waals surface area contributed by atoms with Crippen LogP contribution in [0.15, 0.2) is 29.3 Å². The lowest BCUT2D eigenvalue weighted by Crippen LogP contribution is -2.49. The van der Waals surface area contributed by atoms with Crippen molar-refractivity contribution in [2.45, 2.75) is 37.6 Å². The predicted octanol–water partition coefficient (Wildman–Crippen LogP) is 1.79. The Morgan fingerprint density at radius 3 is 2.41 bits per heavy atom. The van der Waals surface area contributed by atoms with Crippen LogP contribution in [0.3, 0.4) is 0 Å². The van der Waals surface area contributed by atoms with Crippen molar-refractivity contribution in [3.8, 4) is 0 Å². The second-order valence-corrected chi connectivity index (χ2v) is 7.12. The number of likely N-dealkylation sites (N-methyl/N-ethyl adjacent to an activating group) is 1. The Morgan fingerprint density at radius 2 is 1.91 bits per heavy atom. The molecule has 0 spiro atoms. The fourth-order valence-corrected chi connectivity index (χ4v) is 3.48. The number of aliphatic imine (C=N–C) groups is 1. The molecule has 0 amide bonds. The molecule has 22 heavy (non-hydrogen) atoms. The molecule has 1 saturated carbocycles. The molecule has 1 fully saturated rings. The Morgan fingerprint density at radius 1 is 1.27 bits per heavy atom. The van der Waals surface area contributed by atoms with Crippen LogP contribution < -0.4 is 11.1 Å². The number of nitrogens with one attached hydrogen (secondary N) is 1. The molecule has 1 aromatic rings. The zero-order chi connectivity index (χ0) is 15.6. The van der Waals surface area contributed by atoms with E-state index in [1.165, 1.54) is 30.4 Å². The Balaban J connectivity index is 1.63. The van der Waals surface area contributed by atoms with Gasteiger partial charge in [0.2, 0.25) is 0 Å². The van der Waals surface area contributed by atoms with Crippen molar-refractivity contribution in [1.29, 1.82) is 0 Å². The zero-order valence-corrected chi connectivity index (χ0v) is 13.8. The molecule has 2 aliphatic carbocycles. The van der Waals surface area contributed by atoms with Gasteiger partial charge in [0.15, 0.2) is 5.96 Å². The third-order valence-electron chi connectivity index (χ3n) is 5.45. The number of benzene rings is 1. The van der Waals surface area contributed by atoms with E-state index in [9.17, 15) is 0 Å². The number of fused-ring (bicyclic) bond motifs is 1. The van der Waals surface area contributed by atoms with Gasteiger partial charge in [-0.15, -0.1) is 0 Å². The van der Waals surface area contributed by atoms with E-state index < -0.39 is 0 Å². The van der Waals surface area contributed by atoms with Gasteiger partial charge in [-0.25, -0.2) is 0 Å². The van der Waals surface area contributed by atoms with Crippen molar-refractivity contribution in [3.05, 3.63) is 35.4 Å². The molecule has 1 aromatic carbocycles. The molecule has 4 nitrogen and oxygen atoms in total. The maximum atomic E-state index is 6.06. The molecular formula is C18H28N4. The highest BCUT2D eigenvalue weighted by atomic mass is 15.2. The summed E-state index contributed by atoms with van der Waals surface area (Å²) in [6.07, 6.45) is 6.13. The van der Waals surface area contributed by atoms with Gasteiger partial charge in [0.1, 0.15) is 0 Å². The first-order valence-electron chi connectivity index (χ1n) is 8.37. The van der Waals surface area contributed by atoms with E-state index in [-0.39, 0.29) is 5.54 Å². The first kappa shape index (κ1) is 15.3. The van der Waals surface area contributed by atoms with E-state index in [4.69, 9.17) is 5.73 Å². The molecule has 0 heterocycles. The molecule has 4 heteroatoms. The van der Waals surface area contributed by atoms with Crippen LogP contribution in [0.5, 0.6) is 0 Å². The van der Waals surface area contributed by atoms with E-state index >= 15 is 0 Å². The first-order chi connectivity index (χ1) is 10.6. The molecule has 0 saturated heterocycles. The van der Waals surface area contributed by atoms with E-state index in [1.54, 1.807) is 0 Å². The third-order valence-corrected chi connectivity index (χ3v) is 5.45. The normalized spacial score (nSPS) is 20.8. The topological polar surface area (TPSA) is 53.6 Å². The molecule has 0 atom stereocenters. The van der Waals surface area contributed by atoms with Gasteiger partial charge in [-0.05, 0) is 56.8 Å². The SMILES string of the molecule is CN(C)C1(CN=C(N)NCC2CCC2)Cc2ccccc2C1. The zero-order valence-electron chi connectivity index (χ0n) is 13.8. The minimum atomic E-state index is 0.0620. The number of nitrogens with zero attached hydrogens (tertiary/aromatic N) is 2. The monoisotopic (exact) mass is 300 g/mol. The van der Waals surface area contributed by atoms with Gasteiger partial charge in [-0.2, -0.15) is 0 Å². The quantitative estimate of drug-likeness (QED) is 0.644. The van der Waals surface area contributed by atoms with Crippen molar-refractivity contribution >= 4 is 5.96 Å². The van der Waals surface area contributed by atoms with Gasteiger partial charge in [0.05, 0.1) is 6.54 Å². The second-order valence-electron chi connectivity index (χ2n) is 7.12. The maximum absolute atomic E-state index is 6.06. The predicted molar refractivity (Wildman–Crippen MR) is 92.1 cm³/mol. The number of guanidine groups is 1. The summed E-state index contributed by atoms with van der Waals surface area (Å²) in [5.41, 5.74) is 9.03. The van der Waals surface area contributed by atoms with Gasteiger partial charge in [-0.3, -0.25) is 4.99 Å². The lowest BCUT2D eigenvalue weighted by atomic mass is 9.85. The smallest absolute Gasteiger partial charge is 0.188 e. The summed E-state index contributed by atoms with van der Waals surface area (Å²) in [5, 5.41) is 3.30. The molecule has 0 bridgehead atoms. The van der Waals surface area contributed by atoms with Gasteiger partial charge in [0, 0.05) is 12.1 Å². The summed E-state index contributed by atoms with van der Waals surface area (Å²) in [6, 6.07) is 8.73. The van der Waals surface area contributed by atoms with Crippen LogP contribution in [0.25, 0.3) is 0 Å².